The van der Waals surface area contributed by atoms with Crippen LogP contribution in [0.1, 0.15) is 27.6 Å². The van der Waals surface area contributed by atoms with Crippen LogP contribution >= 0.6 is 12.2 Å². The molecule has 0 atom stereocenters. The zero-order chi connectivity index (χ0) is 24.3. The predicted molar refractivity (Wildman–Crippen MR) is 138 cm³/mol. The van der Waals surface area contributed by atoms with Gasteiger partial charge in [-0.15, -0.1) is 0 Å². The minimum Gasteiger partial charge on any atom is -0.490 e. The van der Waals surface area contributed by atoms with Gasteiger partial charge in [0.1, 0.15) is 12.4 Å². The fraction of sp³-hybridized carbons (Fsp3) is 0.192. The van der Waals surface area contributed by atoms with Gasteiger partial charge in [0.25, 0.3) is 11.8 Å². The first-order valence-corrected chi connectivity index (χ1v) is 11.3. The highest BCUT2D eigenvalue weighted by atomic mass is 32.1. The molecule has 0 spiro atoms. The average molecular weight is 478 g/mol. The van der Waals surface area contributed by atoms with Gasteiger partial charge in [-0.25, -0.2) is 0 Å². The third kappa shape index (κ3) is 6.87. The Bertz CT molecular complexity index is 1120. The first kappa shape index (κ1) is 24.9. The normalized spacial score (nSPS) is 10.3. The summed E-state index contributed by atoms with van der Waals surface area (Å²) in [5.41, 5.74) is 2.35. The molecule has 0 unspecified atom stereocenters. The second-order valence-corrected chi connectivity index (χ2v) is 7.64. The minimum absolute atomic E-state index is 0.130. The molecule has 176 valence electrons. The maximum absolute atomic E-state index is 12.7. The number of ether oxygens (including phenoxy) is 2. The number of amides is 2. The number of nitrogens with zero attached hydrogens (tertiary/aromatic N) is 1. The van der Waals surface area contributed by atoms with Crippen LogP contribution in [0.5, 0.6) is 5.75 Å². The average Bonchev–Trinajstić information content (AvgIpc) is 2.87. The standard InChI is InChI=1S/C26H27N3O4S/c1-3-32-17-18-33-23-12-8-7-11-22(23)24(30)28-26(34)27-20-15-13-19(14-16-20)25(31)29(2)21-9-5-4-6-10-21/h4-16H,3,17-18H2,1-2H3,(H2,27,28,30,34). The molecule has 0 aliphatic heterocycles. The van der Waals surface area contributed by atoms with E-state index < -0.39 is 0 Å². The van der Waals surface area contributed by atoms with Gasteiger partial charge in [0.2, 0.25) is 0 Å². The first-order chi connectivity index (χ1) is 16.5. The van der Waals surface area contributed by atoms with E-state index in [0.717, 1.165) is 5.69 Å². The van der Waals surface area contributed by atoms with Crippen LogP contribution in [-0.4, -0.2) is 43.8 Å². The van der Waals surface area contributed by atoms with Crippen LogP contribution in [0.25, 0.3) is 0 Å². The van der Waals surface area contributed by atoms with Crippen LogP contribution in [0.2, 0.25) is 0 Å². The zero-order valence-corrected chi connectivity index (χ0v) is 19.9. The summed E-state index contributed by atoms with van der Waals surface area (Å²) >= 11 is 5.29. The van der Waals surface area contributed by atoms with E-state index >= 15 is 0 Å². The van der Waals surface area contributed by atoms with Crippen molar-refractivity contribution < 1.29 is 19.1 Å². The number of thiocarbonyl (C=S) groups is 1. The molecule has 3 rings (SSSR count). The molecule has 0 aliphatic carbocycles. The summed E-state index contributed by atoms with van der Waals surface area (Å²) in [6, 6.07) is 23.2. The van der Waals surface area contributed by atoms with Gasteiger partial charge >= 0.3 is 0 Å². The third-order valence-electron chi connectivity index (χ3n) is 4.89. The molecule has 0 radical (unpaired) electrons. The fourth-order valence-electron chi connectivity index (χ4n) is 3.13. The molecular formula is C26H27N3O4S. The van der Waals surface area contributed by atoms with Crippen molar-refractivity contribution in [3.63, 3.8) is 0 Å². The number of carbonyl (C=O) groups is 2. The van der Waals surface area contributed by atoms with Crippen molar-refractivity contribution in [2.45, 2.75) is 6.92 Å². The maximum Gasteiger partial charge on any atom is 0.261 e. The second kappa shape index (κ2) is 12.5. The van der Waals surface area contributed by atoms with Crippen LogP contribution in [-0.2, 0) is 4.74 Å². The van der Waals surface area contributed by atoms with E-state index in [9.17, 15) is 9.59 Å². The van der Waals surface area contributed by atoms with Crippen molar-refractivity contribution in [2.75, 3.05) is 37.1 Å². The fourth-order valence-corrected chi connectivity index (χ4v) is 3.34. The van der Waals surface area contributed by atoms with Crippen molar-refractivity contribution in [1.29, 1.82) is 0 Å². The Morgan fingerprint density at radius 2 is 1.59 bits per heavy atom. The van der Waals surface area contributed by atoms with E-state index in [2.05, 4.69) is 10.6 Å². The summed E-state index contributed by atoms with van der Waals surface area (Å²) < 4.78 is 10.9. The number of benzene rings is 3. The van der Waals surface area contributed by atoms with Gasteiger partial charge in [-0.2, -0.15) is 0 Å². The van der Waals surface area contributed by atoms with Crippen molar-refractivity contribution >= 4 is 40.5 Å². The summed E-state index contributed by atoms with van der Waals surface area (Å²) in [6.45, 7) is 3.28. The highest BCUT2D eigenvalue weighted by Crippen LogP contribution is 2.19. The molecule has 0 heterocycles. The summed E-state index contributed by atoms with van der Waals surface area (Å²) in [7, 11) is 1.73. The molecule has 3 aromatic rings. The third-order valence-corrected chi connectivity index (χ3v) is 5.09. The van der Waals surface area contributed by atoms with Crippen molar-refractivity contribution in [3.8, 4) is 5.75 Å². The van der Waals surface area contributed by atoms with E-state index in [-0.39, 0.29) is 16.9 Å². The van der Waals surface area contributed by atoms with Crippen molar-refractivity contribution in [2.24, 2.45) is 0 Å². The zero-order valence-electron chi connectivity index (χ0n) is 19.1. The van der Waals surface area contributed by atoms with E-state index in [1.807, 2.05) is 37.3 Å². The van der Waals surface area contributed by atoms with E-state index in [1.165, 1.54) is 0 Å². The molecular weight excluding hydrogens is 450 g/mol. The van der Waals surface area contributed by atoms with E-state index in [1.54, 1.807) is 60.5 Å². The SMILES string of the molecule is CCOCCOc1ccccc1C(=O)NC(=S)Nc1ccc(C(=O)N(C)c2ccccc2)cc1. The Hall–Kier alpha value is -3.75. The monoisotopic (exact) mass is 477 g/mol. The molecule has 0 aliphatic rings. The largest absolute Gasteiger partial charge is 0.490 e. The molecule has 7 nitrogen and oxygen atoms in total. The number of carbonyl (C=O) groups excluding carboxylic acids is 2. The molecule has 0 saturated heterocycles. The lowest BCUT2D eigenvalue weighted by atomic mass is 10.1. The number of nitrogens with one attached hydrogen (secondary N) is 2. The smallest absolute Gasteiger partial charge is 0.261 e. The Morgan fingerprint density at radius 1 is 0.912 bits per heavy atom. The Labute approximate surface area is 204 Å². The summed E-state index contributed by atoms with van der Waals surface area (Å²) in [5.74, 6) is -0.0664. The quantitative estimate of drug-likeness (QED) is 0.349. The van der Waals surface area contributed by atoms with Crippen LogP contribution in [0, 0.1) is 0 Å². The number of hydrogen-bond donors (Lipinski definition) is 2. The lowest BCUT2D eigenvalue weighted by molar-refractivity contribution is 0.0957. The molecule has 2 N–H and O–H groups in total. The minimum atomic E-state index is -0.388. The molecule has 0 saturated carbocycles. The van der Waals surface area contributed by atoms with Crippen LogP contribution in [0.15, 0.2) is 78.9 Å². The number of hydrogen-bond acceptors (Lipinski definition) is 5. The van der Waals surface area contributed by atoms with Crippen molar-refractivity contribution in [3.05, 3.63) is 90.0 Å². The molecule has 2 amide bonds. The number of anilines is 2. The van der Waals surface area contributed by atoms with E-state index in [4.69, 9.17) is 21.7 Å². The van der Waals surface area contributed by atoms with Gasteiger partial charge < -0.3 is 19.7 Å². The highest BCUT2D eigenvalue weighted by Gasteiger charge is 2.15. The van der Waals surface area contributed by atoms with Gasteiger partial charge in [0, 0.05) is 30.6 Å². The molecule has 8 heteroatoms. The predicted octanol–water partition coefficient (Wildman–Crippen LogP) is 4.51. The molecule has 0 bridgehead atoms. The highest BCUT2D eigenvalue weighted by molar-refractivity contribution is 7.80. The topological polar surface area (TPSA) is 79.9 Å². The number of rotatable bonds is 9. The van der Waals surface area contributed by atoms with Crippen LogP contribution < -0.4 is 20.3 Å². The van der Waals surface area contributed by atoms with Gasteiger partial charge in [-0.1, -0.05) is 30.3 Å². The first-order valence-electron chi connectivity index (χ1n) is 10.8. The summed E-state index contributed by atoms with van der Waals surface area (Å²) in [5, 5.41) is 5.76. The van der Waals surface area contributed by atoms with Crippen molar-refractivity contribution in [1.82, 2.24) is 5.32 Å². The number of para-hydroxylation sites is 2. The molecule has 0 aromatic heterocycles. The van der Waals surface area contributed by atoms with Crippen LogP contribution in [0.4, 0.5) is 11.4 Å². The molecule has 3 aromatic carbocycles. The van der Waals surface area contributed by atoms with E-state index in [0.29, 0.717) is 42.4 Å². The van der Waals surface area contributed by atoms with Gasteiger partial charge in [0.05, 0.1) is 12.2 Å². The molecule has 0 fully saturated rings. The van der Waals surface area contributed by atoms with Gasteiger partial charge in [0.15, 0.2) is 5.11 Å². The van der Waals surface area contributed by atoms with Gasteiger partial charge in [-0.05, 0) is 67.7 Å². The second-order valence-electron chi connectivity index (χ2n) is 7.23. The molecule has 34 heavy (non-hydrogen) atoms. The Morgan fingerprint density at radius 3 is 2.29 bits per heavy atom. The summed E-state index contributed by atoms with van der Waals surface area (Å²) in [4.78, 5) is 27.0. The van der Waals surface area contributed by atoms with Crippen LogP contribution in [0.3, 0.4) is 0 Å². The Balaban J connectivity index is 1.57. The summed E-state index contributed by atoms with van der Waals surface area (Å²) in [6.07, 6.45) is 0. The maximum atomic E-state index is 12.7. The lowest BCUT2D eigenvalue weighted by Gasteiger charge is -2.17. The lowest BCUT2D eigenvalue weighted by Crippen LogP contribution is -2.34. The van der Waals surface area contributed by atoms with Gasteiger partial charge in [-0.3, -0.25) is 14.9 Å². The Kier molecular flexibility index (Phi) is 9.13.